The van der Waals surface area contributed by atoms with E-state index in [1.54, 1.807) is 6.07 Å². The van der Waals surface area contributed by atoms with Gasteiger partial charge in [-0.15, -0.1) is 0 Å². The molecule has 2 heterocycles. The van der Waals surface area contributed by atoms with E-state index in [1.165, 1.54) is 6.26 Å². The largest absolute Gasteiger partial charge is 0.467 e. The van der Waals surface area contributed by atoms with Gasteiger partial charge in [0.2, 0.25) is 0 Å². The molecule has 0 radical (unpaired) electrons. The van der Waals surface area contributed by atoms with Gasteiger partial charge in [-0.1, -0.05) is 12.1 Å². The summed E-state index contributed by atoms with van der Waals surface area (Å²) in [5.74, 6) is 1.49. The summed E-state index contributed by atoms with van der Waals surface area (Å²) in [4.78, 5) is 16.6. The predicted octanol–water partition coefficient (Wildman–Crippen LogP) is 1.99. The second-order valence-electron chi connectivity index (χ2n) is 5.44. The maximum atomic E-state index is 12.0. The molecule has 0 bridgehead atoms. The summed E-state index contributed by atoms with van der Waals surface area (Å²) in [6, 6.07) is 9.73. The quantitative estimate of drug-likeness (QED) is 0.682. The number of hydrogen-bond acceptors (Lipinski definition) is 4. The number of benzene rings is 1. The summed E-state index contributed by atoms with van der Waals surface area (Å²) in [5, 5.41) is 2.88. The van der Waals surface area contributed by atoms with Crippen molar-refractivity contribution >= 4 is 16.9 Å². The van der Waals surface area contributed by atoms with Gasteiger partial charge in [0.15, 0.2) is 0 Å². The molecular weight excluding hydrogens is 292 g/mol. The number of rotatable bonds is 6. The van der Waals surface area contributed by atoms with Gasteiger partial charge < -0.3 is 20.0 Å². The number of nitrogens with one attached hydrogen (secondary N) is 1. The number of amides is 1. The fraction of sp³-hybridized carbons (Fsp3) is 0.294. The molecule has 0 aliphatic heterocycles. The summed E-state index contributed by atoms with van der Waals surface area (Å²) in [6.45, 7) is 0.880. The molecule has 0 aliphatic carbocycles. The van der Waals surface area contributed by atoms with E-state index >= 15 is 0 Å². The minimum absolute atomic E-state index is 0.140. The van der Waals surface area contributed by atoms with Crippen LogP contribution in [0, 0.1) is 0 Å². The SMILES string of the molecule is Cn1c(CCCNC(=O)c2coc(CN)c2)nc2ccccc21. The molecule has 6 heteroatoms. The van der Waals surface area contributed by atoms with Gasteiger partial charge in [0, 0.05) is 20.0 Å². The van der Waals surface area contributed by atoms with Gasteiger partial charge in [0.1, 0.15) is 17.8 Å². The van der Waals surface area contributed by atoms with Crippen molar-refractivity contribution in [3.05, 3.63) is 53.7 Å². The summed E-state index contributed by atoms with van der Waals surface area (Å²) in [7, 11) is 2.02. The van der Waals surface area contributed by atoms with E-state index in [4.69, 9.17) is 10.2 Å². The Balaban J connectivity index is 1.52. The van der Waals surface area contributed by atoms with Crippen LogP contribution in [0.3, 0.4) is 0 Å². The lowest BCUT2D eigenvalue weighted by Crippen LogP contribution is -2.24. The number of aromatic nitrogens is 2. The van der Waals surface area contributed by atoms with E-state index in [0.717, 1.165) is 29.7 Å². The average molecular weight is 312 g/mol. The number of para-hydroxylation sites is 2. The third-order valence-corrected chi connectivity index (χ3v) is 3.86. The topological polar surface area (TPSA) is 86.1 Å². The van der Waals surface area contributed by atoms with Gasteiger partial charge in [0.25, 0.3) is 5.91 Å². The maximum absolute atomic E-state index is 12.0. The number of hydrogen-bond donors (Lipinski definition) is 2. The van der Waals surface area contributed by atoms with Crippen molar-refractivity contribution in [1.82, 2.24) is 14.9 Å². The van der Waals surface area contributed by atoms with Gasteiger partial charge in [-0.05, 0) is 24.6 Å². The number of nitrogens with zero attached hydrogens (tertiary/aromatic N) is 2. The maximum Gasteiger partial charge on any atom is 0.254 e. The van der Waals surface area contributed by atoms with Crippen LogP contribution in [0.1, 0.15) is 28.4 Å². The number of furan rings is 1. The first-order valence-corrected chi connectivity index (χ1v) is 7.65. The highest BCUT2D eigenvalue weighted by Gasteiger charge is 2.10. The van der Waals surface area contributed by atoms with Crippen LogP contribution >= 0.6 is 0 Å². The van der Waals surface area contributed by atoms with E-state index in [0.29, 0.717) is 24.4 Å². The van der Waals surface area contributed by atoms with Crippen LogP contribution in [0.15, 0.2) is 41.0 Å². The zero-order valence-corrected chi connectivity index (χ0v) is 13.1. The fourth-order valence-electron chi connectivity index (χ4n) is 2.58. The fourth-order valence-corrected chi connectivity index (χ4v) is 2.58. The minimum Gasteiger partial charge on any atom is -0.467 e. The number of carbonyl (C=O) groups is 1. The lowest BCUT2D eigenvalue weighted by atomic mass is 10.2. The van der Waals surface area contributed by atoms with E-state index in [-0.39, 0.29) is 5.91 Å². The third-order valence-electron chi connectivity index (χ3n) is 3.86. The molecule has 0 saturated carbocycles. The average Bonchev–Trinajstić information content (AvgIpc) is 3.17. The lowest BCUT2D eigenvalue weighted by molar-refractivity contribution is 0.0952. The molecule has 1 aromatic carbocycles. The Morgan fingerprint density at radius 1 is 1.39 bits per heavy atom. The monoisotopic (exact) mass is 312 g/mol. The zero-order valence-electron chi connectivity index (χ0n) is 13.1. The summed E-state index contributed by atoms with van der Waals surface area (Å²) < 4.78 is 7.26. The Hall–Kier alpha value is -2.60. The van der Waals surface area contributed by atoms with Gasteiger partial charge in [-0.25, -0.2) is 4.98 Å². The molecule has 1 amide bonds. The van der Waals surface area contributed by atoms with Crippen molar-refractivity contribution in [3.8, 4) is 0 Å². The van der Waals surface area contributed by atoms with Gasteiger partial charge >= 0.3 is 0 Å². The van der Waals surface area contributed by atoms with E-state index in [9.17, 15) is 4.79 Å². The Morgan fingerprint density at radius 2 is 2.22 bits per heavy atom. The molecule has 3 N–H and O–H groups in total. The second-order valence-corrected chi connectivity index (χ2v) is 5.44. The van der Waals surface area contributed by atoms with Crippen LogP contribution < -0.4 is 11.1 Å². The predicted molar refractivity (Wildman–Crippen MR) is 88.0 cm³/mol. The first-order valence-electron chi connectivity index (χ1n) is 7.65. The summed E-state index contributed by atoms with van der Waals surface area (Å²) in [6.07, 6.45) is 3.07. The van der Waals surface area contributed by atoms with Crippen molar-refractivity contribution in [2.24, 2.45) is 12.8 Å². The number of imidazole rings is 1. The van der Waals surface area contributed by atoms with E-state index < -0.39 is 0 Å². The molecule has 0 aliphatic rings. The van der Waals surface area contributed by atoms with Crippen LogP contribution in [0.5, 0.6) is 0 Å². The summed E-state index contributed by atoms with van der Waals surface area (Å²) in [5.41, 5.74) is 8.09. The van der Waals surface area contributed by atoms with Crippen molar-refractivity contribution < 1.29 is 9.21 Å². The smallest absolute Gasteiger partial charge is 0.254 e. The number of fused-ring (bicyclic) bond motifs is 1. The molecule has 0 spiro atoms. The first-order chi connectivity index (χ1) is 11.2. The van der Waals surface area contributed by atoms with E-state index in [2.05, 4.69) is 20.9 Å². The lowest BCUT2D eigenvalue weighted by Gasteiger charge is -2.04. The van der Waals surface area contributed by atoms with Crippen LogP contribution in [-0.4, -0.2) is 22.0 Å². The van der Waals surface area contributed by atoms with Gasteiger partial charge in [0.05, 0.1) is 23.1 Å². The van der Waals surface area contributed by atoms with Crippen molar-refractivity contribution in [2.75, 3.05) is 6.54 Å². The Labute approximate surface area is 134 Å². The normalized spacial score (nSPS) is 11.0. The number of carbonyl (C=O) groups excluding carboxylic acids is 1. The standard InChI is InChI=1S/C17H20N4O2/c1-21-15-6-3-2-5-14(15)20-16(21)7-4-8-19-17(22)12-9-13(10-18)23-11-12/h2-3,5-6,9,11H,4,7-8,10,18H2,1H3,(H,19,22). The molecule has 6 nitrogen and oxygen atoms in total. The summed E-state index contributed by atoms with van der Waals surface area (Å²) >= 11 is 0. The minimum atomic E-state index is -0.140. The third kappa shape index (κ3) is 3.27. The number of nitrogens with two attached hydrogens (primary N) is 1. The molecule has 0 saturated heterocycles. The second kappa shape index (κ2) is 6.66. The number of aryl methyl sites for hydroxylation is 2. The zero-order chi connectivity index (χ0) is 16.2. The molecule has 0 unspecified atom stereocenters. The molecule has 120 valence electrons. The Morgan fingerprint density at radius 3 is 2.96 bits per heavy atom. The van der Waals surface area contributed by atoms with Crippen LogP contribution in [0.25, 0.3) is 11.0 Å². The van der Waals surface area contributed by atoms with Crippen molar-refractivity contribution in [2.45, 2.75) is 19.4 Å². The Kier molecular flexibility index (Phi) is 4.43. The van der Waals surface area contributed by atoms with Gasteiger partial charge in [-0.3, -0.25) is 4.79 Å². The first kappa shape index (κ1) is 15.3. The molecule has 3 rings (SSSR count). The van der Waals surface area contributed by atoms with Crippen molar-refractivity contribution in [1.29, 1.82) is 0 Å². The molecule has 2 aromatic heterocycles. The molecule has 3 aromatic rings. The highest BCUT2D eigenvalue weighted by molar-refractivity contribution is 5.93. The molecule has 0 atom stereocenters. The highest BCUT2D eigenvalue weighted by atomic mass is 16.3. The van der Waals surface area contributed by atoms with Crippen LogP contribution in [-0.2, 0) is 20.0 Å². The van der Waals surface area contributed by atoms with E-state index in [1.807, 2.05) is 25.2 Å². The van der Waals surface area contributed by atoms with Gasteiger partial charge in [-0.2, -0.15) is 0 Å². The highest BCUT2D eigenvalue weighted by Crippen LogP contribution is 2.15. The van der Waals surface area contributed by atoms with Crippen LogP contribution in [0.2, 0.25) is 0 Å². The Bertz CT molecular complexity index is 819. The molecular formula is C17H20N4O2. The van der Waals surface area contributed by atoms with Crippen LogP contribution in [0.4, 0.5) is 0 Å². The van der Waals surface area contributed by atoms with Crippen molar-refractivity contribution in [3.63, 3.8) is 0 Å². The molecule has 0 fully saturated rings. The molecule has 23 heavy (non-hydrogen) atoms.